The third kappa shape index (κ3) is 7.74. The third-order valence-electron chi connectivity index (χ3n) is 8.42. The zero-order chi connectivity index (χ0) is 29.1. The van der Waals surface area contributed by atoms with Crippen LogP contribution in [0.25, 0.3) is 10.4 Å². The Kier molecular flexibility index (Phi) is 8.85. The number of nitrogens with one attached hydrogen (secondary N) is 1. The molecule has 3 heterocycles. The van der Waals surface area contributed by atoms with Crippen LogP contribution in [0.4, 0.5) is 19.6 Å². The molecule has 2 aliphatic carbocycles. The molecule has 41 heavy (non-hydrogen) atoms. The van der Waals surface area contributed by atoms with E-state index in [1.165, 1.54) is 17.8 Å². The zero-order valence-corrected chi connectivity index (χ0v) is 24.8. The van der Waals surface area contributed by atoms with Crippen LogP contribution in [0.3, 0.4) is 0 Å². The van der Waals surface area contributed by atoms with Crippen molar-refractivity contribution in [3.8, 4) is 16.5 Å². The average Bonchev–Trinajstić information content (AvgIpc) is 3.57. The number of hydrogen-bond acceptors (Lipinski definition) is 8. The number of sulfone groups is 1. The maximum Gasteiger partial charge on any atom is 0.251 e. The fourth-order valence-corrected chi connectivity index (χ4v) is 7.64. The summed E-state index contributed by atoms with van der Waals surface area (Å²) >= 11 is 1.51. The summed E-state index contributed by atoms with van der Waals surface area (Å²) in [6.45, 7) is 1.70. The summed E-state index contributed by atoms with van der Waals surface area (Å²) in [7, 11) is -2.89. The molecule has 1 aromatic carbocycles. The van der Waals surface area contributed by atoms with E-state index in [0.717, 1.165) is 59.8 Å². The number of halogens is 2. The first-order valence-corrected chi connectivity index (χ1v) is 17.1. The summed E-state index contributed by atoms with van der Waals surface area (Å²) in [4.78, 5) is 21.2. The van der Waals surface area contributed by atoms with Crippen molar-refractivity contribution in [1.29, 1.82) is 5.26 Å². The topological polar surface area (TPSA) is 106 Å². The summed E-state index contributed by atoms with van der Waals surface area (Å²) in [6, 6.07) is 10.2. The largest absolute Gasteiger partial charge is 0.369 e. The van der Waals surface area contributed by atoms with Crippen LogP contribution in [0.1, 0.15) is 59.2 Å². The lowest BCUT2D eigenvalue weighted by Gasteiger charge is -2.31. The van der Waals surface area contributed by atoms with E-state index in [0.29, 0.717) is 26.2 Å². The predicted octanol–water partition coefficient (Wildman–Crippen LogP) is 5.27. The minimum atomic E-state index is -2.89. The van der Waals surface area contributed by atoms with Gasteiger partial charge >= 0.3 is 0 Å². The van der Waals surface area contributed by atoms with Gasteiger partial charge in [-0.05, 0) is 43.4 Å². The van der Waals surface area contributed by atoms with Crippen molar-refractivity contribution in [2.75, 3.05) is 47.5 Å². The van der Waals surface area contributed by atoms with Crippen molar-refractivity contribution < 1.29 is 23.4 Å². The Bertz CT molecular complexity index is 1350. The molecular weight excluding hydrogens is 568 g/mol. The lowest BCUT2D eigenvalue weighted by molar-refractivity contribution is -0.126. The summed E-state index contributed by atoms with van der Waals surface area (Å²) in [6.07, 6.45) is 8.81. The van der Waals surface area contributed by atoms with Gasteiger partial charge in [0.05, 0.1) is 22.5 Å². The molecular formula is C29H39F2N5O3S2. The van der Waals surface area contributed by atoms with E-state index in [9.17, 15) is 22.0 Å². The van der Waals surface area contributed by atoms with Gasteiger partial charge in [0.1, 0.15) is 5.54 Å². The molecule has 2 saturated heterocycles. The smallest absolute Gasteiger partial charge is 0.251 e. The van der Waals surface area contributed by atoms with E-state index in [1.807, 2.05) is 29.2 Å². The number of aromatic nitrogens is 1. The molecule has 6 rings (SSSR count). The van der Waals surface area contributed by atoms with Crippen molar-refractivity contribution in [3.05, 3.63) is 30.5 Å². The van der Waals surface area contributed by atoms with Crippen LogP contribution in [0, 0.1) is 17.2 Å². The molecule has 2 aliphatic heterocycles. The van der Waals surface area contributed by atoms with Crippen LogP contribution in [0.5, 0.6) is 0 Å². The number of thiazole rings is 1. The molecule has 0 radical (unpaired) electrons. The second-order valence-electron chi connectivity index (χ2n) is 11.6. The molecule has 1 aromatic heterocycles. The van der Waals surface area contributed by atoms with Crippen LogP contribution in [0.2, 0.25) is 0 Å². The lowest BCUT2D eigenvalue weighted by atomic mass is 9.88. The molecule has 2 aromatic rings. The SMILES string of the molecule is N#CC1(NC(=O)C2CCCCC2)CC1.O=S1(=O)CCN(c2ccc(-c3cnc(N4CCC(F)(F)CC4)s3)cc2)CC1.[HH]. The average molecular weight is 608 g/mol. The fourth-order valence-electron chi connectivity index (χ4n) is 5.47. The number of rotatable bonds is 5. The van der Waals surface area contributed by atoms with Crippen molar-refractivity contribution >= 4 is 37.9 Å². The number of carbonyl (C=O) groups is 1. The molecule has 2 saturated carbocycles. The summed E-state index contributed by atoms with van der Waals surface area (Å²) in [5.41, 5.74) is 1.56. The van der Waals surface area contributed by atoms with Gasteiger partial charge in [-0.2, -0.15) is 5.26 Å². The van der Waals surface area contributed by atoms with Crippen molar-refractivity contribution in [2.45, 2.75) is 69.2 Å². The Hall–Kier alpha value is -2.78. The molecule has 0 unspecified atom stereocenters. The molecule has 0 atom stereocenters. The third-order valence-corrected chi connectivity index (χ3v) is 11.1. The highest BCUT2D eigenvalue weighted by atomic mass is 32.2. The Morgan fingerprint density at radius 3 is 2.22 bits per heavy atom. The van der Waals surface area contributed by atoms with E-state index >= 15 is 0 Å². The minimum absolute atomic E-state index is 0. The first-order chi connectivity index (χ1) is 19.6. The molecule has 8 nitrogen and oxygen atoms in total. The Balaban J connectivity index is 0.000000228. The number of piperidine rings is 1. The second kappa shape index (κ2) is 12.2. The highest BCUT2D eigenvalue weighted by Crippen LogP contribution is 2.37. The molecule has 12 heteroatoms. The van der Waals surface area contributed by atoms with Crippen molar-refractivity contribution in [3.63, 3.8) is 0 Å². The minimum Gasteiger partial charge on any atom is -0.369 e. The van der Waals surface area contributed by atoms with Gasteiger partial charge in [0, 0.05) is 58.2 Å². The van der Waals surface area contributed by atoms with Gasteiger partial charge in [-0.25, -0.2) is 22.2 Å². The normalized spacial score (nSPS) is 23.0. The second-order valence-corrected chi connectivity index (χ2v) is 14.9. The summed E-state index contributed by atoms with van der Waals surface area (Å²) in [5, 5.41) is 12.5. The zero-order valence-electron chi connectivity index (χ0n) is 23.2. The molecule has 0 spiro atoms. The van der Waals surface area contributed by atoms with Gasteiger partial charge < -0.3 is 15.1 Å². The Morgan fingerprint density at radius 2 is 1.63 bits per heavy atom. The highest BCUT2D eigenvalue weighted by Gasteiger charge is 2.45. The standard InChI is InChI=1S/C18H21F2N3O2S2.C11H16N2O.H2/c19-18(20)5-7-23(8-6-18)17-21-13-16(26-17)14-1-3-15(4-2-14)22-9-11-27(24,25)12-10-22;12-8-11(6-7-11)13-10(14)9-4-2-1-3-5-9;/h1-4,13H,5-12H2;9H,1-7H2,(H,13,14);1H. The number of anilines is 2. The van der Waals surface area contributed by atoms with E-state index in [-0.39, 0.29) is 37.6 Å². The lowest BCUT2D eigenvalue weighted by Crippen LogP contribution is -2.40. The molecule has 1 N–H and O–H groups in total. The predicted molar refractivity (Wildman–Crippen MR) is 159 cm³/mol. The van der Waals surface area contributed by atoms with Crippen molar-refractivity contribution in [2.24, 2.45) is 5.92 Å². The van der Waals surface area contributed by atoms with Gasteiger partial charge in [0.25, 0.3) is 5.92 Å². The van der Waals surface area contributed by atoms with Gasteiger partial charge in [0.15, 0.2) is 15.0 Å². The van der Waals surface area contributed by atoms with Gasteiger partial charge in [-0.1, -0.05) is 42.7 Å². The maximum absolute atomic E-state index is 13.3. The van der Waals surface area contributed by atoms with Crippen LogP contribution in [-0.2, 0) is 14.6 Å². The Morgan fingerprint density at radius 1 is 1.00 bits per heavy atom. The van der Waals surface area contributed by atoms with Gasteiger partial charge in [0.2, 0.25) is 5.91 Å². The molecule has 4 aliphatic rings. The molecule has 224 valence electrons. The monoisotopic (exact) mass is 607 g/mol. The van der Waals surface area contributed by atoms with E-state index in [2.05, 4.69) is 21.3 Å². The number of nitriles is 1. The number of nitrogens with zero attached hydrogens (tertiary/aromatic N) is 4. The molecule has 1 amide bonds. The Labute approximate surface area is 246 Å². The van der Waals surface area contributed by atoms with Crippen LogP contribution < -0.4 is 15.1 Å². The fraction of sp³-hybridized carbons (Fsp3) is 0.621. The van der Waals surface area contributed by atoms with Gasteiger partial charge in [-0.15, -0.1) is 0 Å². The van der Waals surface area contributed by atoms with E-state index in [4.69, 9.17) is 5.26 Å². The quantitative estimate of drug-likeness (QED) is 0.494. The number of alkyl halides is 2. The van der Waals surface area contributed by atoms with Crippen LogP contribution >= 0.6 is 11.3 Å². The number of carbonyl (C=O) groups excluding carboxylic acids is 1. The summed E-state index contributed by atoms with van der Waals surface area (Å²) in [5.74, 6) is -1.87. The van der Waals surface area contributed by atoms with Crippen LogP contribution in [-0.4, -0.2) is 68.5 Å². The first kappa shape index (κ1) is 29.7. The molecule has 0 bridgehead atoms. The van der Waals surface area contributed by atoms with Crippen molar-refractivity contribution in [1.82, 2.24) is 10.3 Å². The number of hydrogen-bond donors (Lipinski definition) is 1. The number of amides is 1. The first-order valence-electron chi connectivity index (χ1n) is 14.4. The van der Waals surface area contributed by atoms with Crippen LogP contribution in [0.15, 0.2) is 30.5 Å². The highest BCUT2D eigenvalue weighted by molar-refractivity contribution is 7.91. The van der Waals surface area contributed by atoms with E-state index < -0.39 is 21.3 Å². The number of benzene rings is 1. The maximum atomic E-state index is 13.3. The summed E-state index contributed by atoms with van der Waals surface area (Å²) < 4.78 is 49.7. The van der Waals surface area contributed by atoms with Gasteiger partial charge in [-0.3, -0.25) is 4.79 Å². The molecule has 4 fully saturated rings. The van der Waals surface area contributed by atoms with E-state index in [1.54, 1.807) is 6.20 Å².